The van der Waals surface area contributed by atoms with Crippen molar-refractivity contribution in [3.8, 4) is 5.69 Å². The number of fused-ring (bicyclic) bond motifs is 1. The Morgan fingerprint density at radius 3 is 2.33 bits per heavy atom. The van der Waals surface area contributed by atoms with Crippen LogP contribution in [0.2, 0.25) is 0 Å². The number of hydrogen-bond acceptors (Lipinski definition) is 4. The molecule has 1 aliphatic rings. The summed E-state index contributed by atoms with van der Waals surface area (Å²) >= 11 is 0. The van der Waals surface area contributed by atoms with Gasteiger partial charge in [0.25, 0.3) is 5.56 Å². The first-order chi connectivity index (χ1) is 17.1. The molecule has 5 rings (SSSR count). The van der Waals surface area contributed by atoms with Gasteiger partial charge in [-0.2, -0.15) is 0 Å². The second-order valence-corrected chi connectivity index (χ2v) is 10.9. The van der Waals surface area contributed by atoms with E-state index in [0.29, 0.717) is 24.3 Å². The van der Waals surface area contributed by atoms with Crippen molar-refractivity contribution < 1.29 is 4.74 Å². The first-order valence-corrected chi connectivity index (χ1v) is 12.6. The molecule has 1 atom stereocenters. The van der Waals surface area contributed by atoms with Gasteiger partial charge in [0, 0.05) is 13.2 Å². The van der Waals surface area contributed by atoms with E-state index in [0.717, 1.165) is 35.2 Å². The van der Waals surface area contributed by atoms with E-state index in [9.17, 15) is 9.59 Å². The largest absolute Gasteiger partial charge is 0.376 e. The second-order valence-electron chi connectivity index (χ2n) is 10.9. The van der Waals surface area contributed by atoms with Crippen LogP contribution in [0, 0.1) is 13.8 Å². The minimum Gasteiger partial charge on any atom is -0.376 e. The van der Waals surface area contributed by atoms with E-state index >= 15 is 0 Å². The van der Waals surface area contributed by atoms with E-state index < -0.39 is 0 Å². The zero-order valence-electron chi connectivity index (χ0n) is 21.7. The van der Waals surface area contributed by atoms with E-state index in [-0.39, 0.29) is 29.3 Å². The SMILES string of the molecule is Cc1cccc(C)c1-n1c(=O)n(C[C@H]2CCCO2)c(=O)c2c1ncn2Cc1ccc(C(C)(C)C)cc1. The maximum Gasteiger partial charge on any atom is 0.337 e. The van der Waals surface area contributed by atoms with Gasteiger partial charge in [0.15, 0.2) is 11.2 Å². The number of nitrogens with zero attached hydrogens (tertiary/aromatic N) is 4. The van der Waals surface area contributed by atoms with Crippen molar-refractivity contribution in [2.24, 2.45) is 0 Å². The number of hydrogen-bond donors (Lipinski definition) is 0. The molecule has 36 heavy (non-hydrogen) atoms. The van der Waals surface area contributed by atoms with Gasteiger partial charge in [0.05, 0.1) is 24.7 Å². The molecule has 0 saturated carbocycles. The van der Waals surface area contributed by atoms with Crippen LogP contribution in [0.4, 0.5) is 0 Å². The maximum absolute atomic E-state index is 13.8. The van der Waals surface area contributed by atoms with Crippen molar-refractivity contribution in [2.45, 2.75) is 72.1 Å². The zero-order chi connectivity index (χ0) is 25.6. The first kappa shape index (κ1) is 24.3. The lowest BCUT2D eigenvalue weighted by molar-refractivity contribution is 0.0950. The van der Waals surface area contributed by atoms with E-state index in [1.807, 2.05) is 36.6 Å². The molecule has 0 unspecified atom stereocenters. The summed E-state index contributed by atoms with van der Waals surface area (Å²) in [4.78, 5) is 32.2. The number of rotatable bonds is 5. The molecule has 3 heterocycles. The highest BCUT2D eigenvalue weighted by atomic mass is 16.5. The molecular formula is C29H34N4O3. The number of imidazole rings is 1. The molecule has 188 valence electrons. The number of benzene rings is 2. The Labute approximate surface area is 211 Å². The third kappa shape index (κ3) is 4.32. The minimum atomic E-state index is -0.375. The van der Waals surface area contributed by atoms with Crippen LogP contribution in [0.1, 0.15) is 55.9 Å². The van der Waals surface area contributed by atoms with Gasteiger partial charge in [-0.3, -0.25) is 9.36 Å². The molecule has 0 bridgehead atoms. The quantitative estimate of drug-likeness (QED) is 0.417. The normalized spacial score (nSPS) is 16.2. The summed E-state index contributed by atoms with van der Waals surface area (Å²) < 4.78 is 10.6. The Morgan fingerprint density at radius 2 is 1.72 bits per heavy atom. The van der Waals surface area contributed by atoms with Crippen molar-refractivity contribution in [3.63, 3.8) is 0 Å². The summed E-state index contributed by atoms with van der Waals surface area (Å²) in [6.45, 7) is 11.9. The molecule has 0 spiro atoms. The van der Waals surface area contributed by atoms with Gasteiger partial charge >= 0.3 is 5.69 Å². The van der Waals surface area contributed by atoms with Crippen molar-refractivity contribution >= 4 is 11.2 Å². The van der Waals surface area contributed by atoms with E-state index in [2.05, 4.69) is 50.0 Å². The van der Waals surface area contributed by atoms with Crippen LogP contribution in [-0.2, 0) is 23.2 Å². The van der Waals surface area contributed by atoms with Gasteiger partial charge in [0.1, 0.15) is 0 Å². The van der Waals surface area contributed by atoms with E-state index in [4.69, 9.17) is 4.74 Å². The van der Waals surface area contributed by atoms with Gasteiger partial charge in [-0.25, -0.2) is 14.3 Å². The van der Waals surface area contributed by atoms with Crippen molar-refractivity contribution in [2.75, 3.05) is 6.61 Å². The molecule has 4 aromatic rings. The fraction of sp³-hybridized carbons (Fsp3) is 0.414. The fourth-order valence-corrected chi connectivity index (χ4v) is 5.12. The van der Waals surface area contributed by atoms with Crippen LogP contribution < -0.4 is 11.2 Å². The summed E-state index contributed by atoms with van der Waals surface area (Å²) in [5.74, 6) is 0. The fourth-order valence-electron chi connectivity index (χ4n) is 5.12. The Hall–Kier alpha value is -3.45. The van der Waals surface area contributed by atoms with Crippen molar-refractivity contribution in [1.82, 2.24) is 18.7 Å². The molecule has 0 amide bonds. The molecule has 1 fully saturated rings. The Bertz CT molecular complexity index is 1510. The van der Waals surface area contributed by atoms with Gasteiger partial charge < -0.3 is 9.30 Å². The smallest absolute Gasteiger partial charge is 0.337 e. The summed E-state index contributed by atoms with van der Waals surface area (Å²) in [6.07, 6.45) is 3.31. The lowest BCUT2D eigenvalue weighted by Gasteiger charge is -2.19. The van der Waals surface area contributed by atoms with Crippen molar-refractivity contribution in [3.05, 3.63) is 91.9 Å². The summed E-state index contributed by atoms with van der Waals surface area (Å²) in [7, 11) is 0. The number of aryl methyl sites for hydroxylation is 2. The lowest BCUT2D eigenvalue weighted by Crippen LogP contribution is -2.42. The molecule has 7 nitrogen and oxygen atoms in total. The molecule has 1 aliphatic heterocycles. The highest BCUT2D eigenvalue weighted by Crippen LogP contribution is 2.24. The van der Waals surface area contributed by atoms with E-state index in [1.165, 1.54) is 10.1 Å². The average molecular weight is 487 g/mol. The molecule has 0 N–H and O–H groups in total. The monoisotopic (exact) mass is 486 g/mol. The van der Waals surface area contributed by atoms with Gasteiger partial charge in [-0.15, -0.1) is 0 Å². The number of aromatic nitrogens is 4. The van der Waals surface area contributed by atoms with E-state index in [1.54, 1.807) is 10.9 Å². The van der Waals surface area contributed by atoms with Crippen LogP contribution in [0.25, 0.3) is 16.9 Å². The summed E-state index contributed by atoms with van der Waals surface area (Å²) in [5.41, 5.74) is 5.18. The number of ether oxygens (including phenoxy) is 1. The topological polar surface area (TPSA) is 71.1 Å². The highest BCUT2D eigenvalue weighted by molar-refractivity contribution is 5.73. The molecule has 1 saturated heterocycles. The lowest BCUT2D eigenvalue weighted by atomic mass is 9.87. The minimum absolute atomic E-state index is 0.0672. The maximum atomic E-state index is 13.8. The van der Waals surface area contributed by atoms with Crippen LogP contribution in [-0.4, -0.2) is 31.4 Å². The van der Waals surface area contributed by atoms with Crippen LogP contribution in [0.5, 0.6) is 0 Å². The molecule has 7 heteroatoms. The Kier molecular flexibility index (Phi) is 6.20. The molecule has 2 aromatic carbocycles. The molecule has 0 radical (unpaired) electrons. The Balaban J connectivity index is 1.69. The van der Waals surface area contributed by atoms with Crippen LogP contribution >= 0.6 is 0 Å². The second kappa shape index (κ2) is 9.21. The third-order valence-corrected chi connectivity index (χ3v) is 7.15. The predicted molar refractivity (Wildman–Crippen MR) is 142 cm³/mol. The molecular weight excluding hydrogens is 452 g/mol. The third-order valence-electron chi connectivity index (χ3n) is 7.15. The van der Waals surface area contributed by atoms with Crippen LogP contribution in [0.3, 0.4) is 0 Å². The summed E-state index contributed by atoms with van der Waals surface area (Å²) in [6, 6.07) is 14.4. The highest BCUT2D eigenvalue weighted by Gasteiger charge is 2.24. The standard InChI is InChI=1S/C29H34N4O3/c1-19-8-6-9-20(2)24(19)33-26-25(27(34)32(28(33)35)17-23-10-7-15-36-23)31(18-30-26)16-21-11-13-22(14-12-21)29(3,4)5/h6,8-9,11-14,18,23H,7,10,15-17H2,1-5H3/t23-/m1/s1. The van der Waals surface area contributed by atoms with Crippen LogP contribution in [0.15, 0.2) is 58.4 Å². The zero-order valence-corrected chi connectivity index (χ0v) is 21.7. The molecule has 2 aromatic heterocycles. The predicted octanol–water partition coefficient (Wildman–Crippen LogP) is 4.49. The Morgan fingerprint density at radius 1 is 1.03 bits per heavy atom. The van der Waals surface area contributed by atoms with Crippen molar-refractivity contribution in [1.29, 1.82) is 0 Å². The number of para-hydroxylation sites is 1. The molecule has 0 aliphatic carbocycles. The van der Waals surface area contributed by atoms with Gasteiger partial charge in [-0.1, -0.05) is 63.2 Å². The van der Waals surface area contributed by atoms with Gasteiger partial charge in [-0.05, 0) is 54.4 Å². The first-order valence-electron chi connectivity index (χ1n) is 12.6. The van der Waals surface area contributed by atoms with Gasteiger partial charge in [0.2, 0.25) is 0 Å². The average Bonchev–Trinajstić information content (AvgIpc) is 3.49. The summed E-state index contributed by atoms with van der Waals surface area (Å²) in [5, 5.41) is 0.